The molecule has 0 saturated carbocycles. The van der Waals surface area contributed by atoms with Crippen LogP contribution in [0.4, 0.5) is 0 Å². The van der Waals surface area contributed by atoms with Crippen molar-refractivity contribution in [3.8, 4) is 0 Å². The van der Waals surface area contributed by atoms with Gasteiger partial charge in [0.2, 0.25) is 0 Å². The third kappa shape index (κ3) is 2.89. The quantitative estimate of drug-likeness (QED) is 0.655. The van der Waals surface area contributed by atoms with E-state index in [0.717, 1.165) is 11.4 Å². The first kappa shape index (κ1) is 10.9. The highest BCUT2D eigenvalue weighted by Crippen LogP contribution is 2.27. The van der Waals surface area contributed by atoms with E-state index < -0.39 is 0 Å². The van der Waals surface area contributed by atoms with E-state index in [2.05, 4.69) is 19.1 Å². The first-order valence-electron chi connectivity index (χ1n) is 4.54. The van der Waals surface area contributed by atoms with Crippen LogP contribution in [0.2, 0.25) is 5.02 Å². The number of alkyl halides is 1. The van der Waals surface area contributed by atoms with Crippen LogP contribution in [0.3, 0.4) is 0 Å². The molecule has 0 aliphatic rings. The third-order valence-corrected chi connectivity index (χ3v) is 2.85. The summed E-state index contributed by atoms with van der Waals surface area (Å²) in [5.41, 5.74) is 1.27. The molecule has 0 amide bonds. The van der Waals surface area contributed by atoms with Crippen molar-refractivity contribution in [2.24, 2.45) is 0 Å². The van der Waals surface area contributed by atoms with E-state index in [1.54, 1.807) is 0 Å². The average Bonchev–Trinajstić information content (AvgIpc) is 2.09. The summed E-state index contributed by atoms with van der Waals surface area (Å²) < 4.78 is 0. The summed E-state index contributed by atoms with van der Waals surface area (Å²) in [6, 6.07) is 7.93. The molecule has 72 valence electrons. The highest BCUT2D eigenvalue weighted by Gasteiger charge is 2.14. The second kappa shape index (κ2) is 4.88. The molecular weight excluding hydrogens is 203 g/mol. The zero-order chi connectivity index (χ0) is 9.84. The normalized spacial score (nSPS) is 15.4. The summed E-state index contributed by atoms with van der Waals surface area (Å²) >= 11 is 11.9. The zero-order valence-corrected chi connectivity index (χ0v) is 9.44. The summed E-state index contributed by atoms with van der Waals surface area (Å²) in [6.45, 7) is 4.18. The van der Waals surface area contributed by atoms with Gasteiger partial charge in [-0.05, 0) is 37.0 Å². The fraction of sp³-hybridized carbons (Fsp3) is 0.455. The monoisotopic (exact) mass is 216 g/mol. The van der Waals surface area contributed by atoms with Gasteiger partial charge in [-0.1, -0.05) is 30.7 Å². The van der Waals surface area contributed by atoms with Crippen LogP contribution in [0.5, 0.6) is 0 Å². The van der Waals surface area contributed by atoms with Crippen molar-refractivity contribution in [1.82, 2.24) is 0 Å². The molecule has 1 aromatic carbocycles. The Balaban J connectivity index is 2.86. The molecule has 0 aromatic heterocycles. The Hall–Kier alpha value is -0.200. The molecule has 0 bridgehead atoms. The van der Waals surface area contributed by atoms with Crippen molar-refractivity contribution in [1.29, 1.82) is 0 Å². The molecule has 13 heavy (non-hydrogen) atoms. The van der Waals surface area contributed by atoms with Gasteiger partial charge in [0.15, 0.2) is 0 Å². The smallest absolute Gasteiger partial charge is 0.0406 e. The van der Waals surface area contributed by atoms with E-state index in [0.29, 0.717) is 5.92 Å². The van der Waals surface area contributed by atoms with Crippen LogP contribution >= 0.6 is 23.2 Å². The van der Waals surface area contributed by atoms with Crippen LogP contribution in [0.15, 0.2) is 24.3 Å². The molecule has 0 aliphatic carbocycles. The maximum atomic E-state index is 6.09. The van der Waals surface area contributed by atoms with Crippen molar-refractivity contribution in [2.75, 3.05) is 0 Å². The Morgan fingerprint density at radius 2 is 1.77 bits per heavy atom. The van der Waals surface area contributed by atoms with Gasteiger partial charge in [-0.3, -0.25) is 0 Å². The molecular formula is C11H14Cl2. The van der Waals surface area contributed by atoms with E-state index in [1.807, 2.05) is 19.1 Å². The number of rotatable bonds is 3. The second-order valence-electron chi connectivity index (χ2n) is 3.24. The molecule has 2 heteroatoms. The lowest BCUT2D eigenvalue weighted by Gasteiger charge is -2.17. The summed E-state index contributed by atoms with van der Waals surface area (Å²) in [5.74, 6) is 0.430. The van der Waals surface area contributed by atoms with E-state index >= 15 is 0 Å². The average molecular weight is 217 g/mol. The predicted octanol–water partition coefficient (Wildman–Crippen LogP) is 4.46. The van der Waals surface area contributed by atoms with E-state index in [9.17, 15) is 0 Å². The van der Waals surface area contributed by atoms with Gasteiger partial charge in [0, 0.05) is 10.4 Å². The molecule has 0 spiro atoms. The summed E-state index contributed by atoms with van der Waals surface area (Å²) in [4.78, 5) is 0. The first-order chi connectivity index (χ1) is 6.15. The van der Waals surface area contributed by atoms with Gasteiger partial charge in [-0.15, -0.1) is 11.6 Å². The van der Waals surface area contributed by atoms with Gasteiger partial charge >= 0.3 is 0 Å². The number of benzene rings is 1. The van der Waals surface area contributed by atoms with Crippen LogP contribution in [0, 0.1) is 0 Å². The fourth-order valence-electron chi connectivity index (χ4n) is 1.54. The van der Waals surface area contributed by atoms with Gasteiger partial charge in [0.25, 0.3) is 0 Å². The minimum Gasteiger partial charge on any atom is -0.123 e. The standard InChI is InChI=1S/C11H14Cl2/c1-3-11(8(2)12)9-4-6-10(13)7-5-9/h4-8,11H,3H2,1-2H3. The van der Waals surface area contributed by atoms with Gasteiger partial charge < -0.3 is 0 Å². The van der Waals surface area contributed by atoms with Crippen LogP contribution in [-0.4, -0.2) is 5.38 Å². The van der Waals surface area contributed by atoms with Crippen LogP contribution < -0.4 is 0 Å². The number of hydrogen-bond donors (Lipinski definition) is 0. The lowest BCUT2D eigenvalue weighted by atomic mass is 9.94. The molecule has 0 aliphatic heterocycles. The van der Waals surface area contributed by atoms with Crippen molar-refractivity contribution >= 4 is 23.2 Å². The van der Waals surface area contributed by atoms with Crippen LogP contribution in [-0.2, 0) is 0 Å². The largest absolute Gasteiger partial charge is 0.123 e. The van der Waals surface area contributed by atoms with Gasteiger partial charge in [0.05, 0.1) is 0 Å². The molecule has 0 saturated heterocycles. The molecule has 0 nitrogen and oxygen atoms in total. The van der Waals surface area contributed by atoms with Gasteiger partial charge in [-0.25, -0.2) is 0 Å². The Kier molecular flexibility index (Phi) is 4.08. The second-order valence-corrected chi connectivity index (χ2v) is 4.37. The Morgan fingerprint density at radius 1 is 1.23 bits per heavy atom. The predicted molar refractivity (Wildman–Crippen MR) is 59.8 cm³/mol. The van der Waals surface area contributed by atoms with Gasteiger partial charge in [-0.2, -0.15) is 0 Å². The zero-order valence-electron chi connectivity index (χ0n) is 7.93. The topological polar surface area (TPSA) is 0 Å². The van der Waals surface area contributed by atoms with E-state index in [1.165, 1.54) is 5.56 Å². The lowest BCUT2D eigenvalue weighted by Crippen LogP contribution is -2.07. The first-order valence-corrected chi connectivity index (χ1v) is 5.36. The van der Waals surface area contributed by atoms with E-state index in [-0.39, 0.29) is 5.38 Å². The van der Waals surface area contributed by atoms with Crippen LogP contribution in [0.25, 0.3) is 0 Å². The maximum Gasteiger partial charge on any atom is 0.0406 e. The summed E-state index contributed by atoms with van der Waals surface area (Å²) in [6.07, 6.45) is 1.06. The Labute approximate surface area is 89.9 Å². The number of halogens is 2. The minimum atomic E-state index is 0.172. The molecule has 1 aromatic rings. The van der Waals surface area contributed by atoms with Gasteiger partial charge in [0.1, 0.15) is 0 Å². The minimum absolute atomic E-state index is 0.172. The molecule has 2 unspecified atom stereocenters. The van der Waals surface area contributed by atoms with Crippen molar-refractivity contribution in [3.05, 3.63) is 34.9 Å². The molecule has 0 N–H and O–H groups in total. The highest BCUT2D eigenvalue weighted by atomic mass is 35.5. The maximum absolute atomic E-state index is 6.09. The highest BCUT2D eigenvalue weighted by molar-refractivity contribution is 6.30. The van der Waals surface area contributed by atoms with Crippen molar-refractivity contribution in [3.63, 3.8) is 0 Å². The summed E-state index contributed by atoms with van der Waals surface area (Å²) in [7, 11) is 0. The molecule has 0 heterocycles. The fourth-order valence-corrected chi connectivity index (χ4v) is 1.99. The molecule has 0 radical (unpaired) electrons. The lowest BCUT2D eigenvalue weighted by molar-refractivity contribution is 0.649. The Morgan fingerprint density at radius 3 is 2.15 bits per heavy atom. The Bertz CT molecular complexity index is 251. The number of hydrogen-bond acceptors (Lipinski definition) is 0. The summed E-state index contributed by atoms with van der Waals surface area (Å²) in [5, 5.41) is 0.951. The molecule has 1 rings (SSSR count). The molecule has 2 atom stereocenters. The van der Waals surface area contributed by atoms with E-state index in [4.69, 9.17) is 23.2 Å². The molecule has 0 fully saturated rings. The van der Waals surface area contributed by atoms with Crippen molar-refractivity contribution in [2.45, 2.75) is 31.6 Å². The van der Waals surface area contributed by atoms with Crippen molar-refractivity contribution < 1.29 is 0 Å². The third-order valence-electron chi connectivity index (χ3n) is 2.29. The SMILES string of the molecule is CCC(c1ccc(Cl)cc1)C(C)Cl. The van der Waals surface area contributed by atoms with Crippen LogP contribution in [0.1, 0.15) is 31.7 Å².